The summed E-state index contributed by atoms with van der Waals surface area (Å²) >= 11 is 0. The molecule has 3 aromatic rings. The van der Waals surface area contributed by atoms with Crippen LogP contribution in [0, 0.1) is 0 Å². The Balaban J connectivity index is 1.87. The second-order valence-electron chi connectivity index (χ2n) is 6.77. The molecule has 4 nitrogen and oxygen atoms in total. The number of nitrogens with zero attached hydrogens (tertiary/aromatic N) is 2. The van der Waals surface area contributed by atoms with E-state index in [1.165, 1.54) is 0 Å². The number of hydrogen-bond donors (Lipinski definition) is 0. The number of hydrogen-bond acceptors (Lipinski definition) is 2. The third-order valence-corrected chi connectivity index (χ3v) is 4.93. The van der Waals surface area contributed by atoms with Crippen molar-refractivity contribution >= 4 is 17.5 Å². The van der Waals surface area contributed by atoms with Gasteiger partial charge in [0.1, 0.15) is 0 Å². The fourth-order valence-electron chi connectivity index (χ4n) is 3.26. The molecule has 0 aliphatic heterocycles. The van der Waals surface area contributed by atoms with E-state index in [4.69, 9.17) is 0 Å². The van der Waals surface area contributed by atoms with E-state index in [0.717, 1.165) is 11.3 Å². The van der Waals surface area contributed by atoms with E-state index in [-0.39, 0.29) is 11.8 Å². The molecule has 0 spiro atoms. The maximum atomic E-state index is 13.3. The van der Waals surface area contributed by atoms with E-state index in [1.807, 2.05) is 74.5 Å². The van der Waals surface area contributed by atoms with Crippen LogP contribution in [0.2, 0.25) is 0 Å². The van der Waals surface area contributed by atoms with E-state index < -0.39 is 0 Å². The van der Waals surface area contributed by atoms with Gasteiger partial charge in [-0.1, -0.05) is 48.5 Å². The first-order valence-electron chi connectivity index (χ1n) is 9.94. The highest BCUT2D eigenvalue weighted by Crippen LogP contribution is 2.20. The predicted molar refractivity (Wildman–Crippen MR) is 117 cm³/mol. The number of benzene rings is 3. The maximum absolute atomic E-state index is 13.3. The van der Waals surface area contributed by atoms with Crippen LogP contribution in [0.5, 0.6) is 0 Å². The first-order chi connectivity index (χ1) is 14.1. The normalized spacial score (nSPS) is 10.4. The Morgan fingerprint density at radius 2 is 1.14 bits per heavy atom. The van der Waals surface area contributed by atoms with Gasteiger partial charge in [0.2, 0.25) is 0 Å². The molecular formula is C25H26N2O2. The number of carbonyl (C=O) groups excluding carboxylic acids is 2. The van der Waals surface area contributed by atoms with Gasteiger partial charge in [-0.2, -0.15) is 0 Å². The van der Waals surface area contributed by atoms with Gasteiger partial charge in [-0.3, -0.25) is 9.59 Å². The molecule has 0 N–H and O–H groups in total. The average molecular weight is 386 g/mol. The molecular weight excluding hydrogens is 360 g/mol. The van der Waals surface area contributed by atoms with E-state index in [1.54, 1.807) is 34.1 Å². The lowest BCUT2D eigenvalue weighted by atomic mass is 10.1. The van der Waals surface area contributed by atoms with Crippen molar-refractivity contribution in [2.24, 2.45) is 0 Å². The fraction of sp³-hybridized carbons (Fsp3) is 0.200. The zero-order chi connectivity index (χ0) is 20.6. The minimum absolute atomic E-state index is 0.0156. The summed E-state index contributed by atoms with van der Waals surface area (Å²) < 4.78 is 0. The second kappa shape index (κ2) is 9.69. The molecule has 0 radical (unpaired) electrons. The van der Waals surface area contributed by atoms with Crippen LogP contribution in [0.25, 0.3) is 0 Å². The van der Waals surface area contributed by atoms with Crippen molar-refractivity contribution in [3.05, 3.63) is 102 Å². The lowest BCUT2D eigenvalue weighted by Gasteiger charge is -2.23. The molecule has 148 valence electrons. The Morgan fingerprint density at radius 1 is 0.655 bits per heavy atom. The fourth-order valence-corrected chi connectivity index (χ4v) is 3.26. The van der Waals surface area contributed by atoms with Crippen molar-refractivity contribution in [2.75, 3.05) is 18.0 Å². The van der Waals surface area contributed by atoms with E-state index in [0.29, 0.717) is 30.8 Å². The smallest absolute Gasteiger partial charge is 0.258 e. The molecule has 0 aliphatic carbocycles. The lowest BCUT2D eigenvalue weighted by molar-refractivity contribution is 0.0772. The van der Waals surface area contributed by atoms with Crippen molar-refractivity contribution < 1.29 is 9.59 Å². The summed E-state index contributed by atoms with van der Waals surface area (Å²) in [4.78, 5) is 29.3. The molecule has 0 aromatic heterocycles. The SMILES string of the molecule is CCN(CC)C(=O)c1ccc(C(=O)N(Cc2ccccc2)c2ccccc2)cc1. The van der Waals surface area contributed by atoms with Gasteiger partial charge in [0.05, 0.1) is 6.54 Å². The van der Waals surface area contributed by atoms with Crippen molar-refractivity contribution in [1.82, 2.24) is 4.90 Å². The molecule has 3 aromatic carbocycles. The molecule has 0 fully saturated rings. The van der Waals surface area contributed by atoms with E-state index in [9.17, 15) is 9.59 Å². The Labute approximate surface area is 172 Å². The number of rotatable bonds is 7. The zero-order valence-electron chi connectivity index (χ0n) is 16.9. The van der Waals surface area contributed by atoms with Crippen LogP contribution >= 0.6 is 0 Å². The van der Waals surface area contributed by atoms with Gasteiger partial charge in [-0.15, -0.1) is 0 Å². The van der Waals surface area contributed by atoms with Crippen LogP contribution in [-0.4, -0.2) is 29.8 Å². The minimum atomic E-state index is -0.0955. The number of para-hydroxylation sites is 1. The number of carbonyl (C=O) groups is 2. The highest BCUT2D eigenvalue weighted by Gasteiger charge is 2.19. The van der Waals surface area contributed by atoms with Crippen molar-refractivity contribution in [3.63, 3.8) is 0 Å². The summed E-state index contributed by atoms with van der Waals surface area (Å²) in [7, 11) is 0. The monoisotopic (exact) mass is 386 g/mol. The quantitative estimate of drug-likeness (QED) is 0.572. The third-order valence-electron chi connectivity index (χ3n) is 4.93. The van der Waals surface area contributed by atoms with Gasteiger partial charge >= 0.3 is 0 Å². The molecule has 0 unspecified atom stereocenters. The van der Waals surface area contributed by atoms with Gasteiger partial charge in [0.15, 0.2) is 0 Å². The standard InChI is InChI=1S/C25H26N2O2/c1-3-26(4-2)24(28)21-15-17-22(18-16-21)25(29)27(23-13-9-6-10-14-23)19-20-11-7-5-8-12-20/h5-18H,3-4,19H2,1-2H3. The van der Waals surface area contributed by atoms with E-state index in [2.05, 4.69) is 0 Å². The molecule has 0 bridgehead atoms. The van der Waals surface area contributed by atoms with E-state index >= 15 is 0 Å². The molecule has 29 heavy (non-hydrogen) atoms. The number of amides is 2. The highest BCUT2D eigenvalue weighted by atomic mass is 16.2. The lowest BCUT2D eigenvalue weighted by Crippen LogP contribution is -2.31. The predicted octanol–water partition coefficient (Wildman–Crippen LogP) is 5.02. The zero-order valence-corrected chi connectivity index (χ0v) is 16.9. The average Bonchev–Trinajstić information content (AvgIpc) is 2.79. The Hall–Kier alpha value is -3.40. The number of anilines is 1. The first-order valence-corrected chi connectivity index (χ1v) is 9.94. The maximum Gasteiger partial charge on any atom is 0.258 e. The molecule has 4 heteroatoms. The van der Waals surface area contributed by atoms with Gasteiger partial charge in [-0.05, 0) is 55.8 Å². The van der Waals surface area contributed by atoms with Crippen LogP contribution in [0.4, 0.5) is 5.69 Å². The van der Waals surface area contributed by atoms with Crippen LogP contribution in [-0.2, 0) is 6.54 Å². The van der Waals surface area contributed by atoms with Crippen molar-refractivity contribution in [3.8, 4) is 0 Å². The third kappa shape index (κ3) is 4.91. The first kappa shape index (κ1) is 20.3. The Bertz CT molecular complexity index is 934. The summed E-state index contributed by atoms with van der Waals surface area (Å²) in [5, 5.41) is 0. The summed E-state index contributed by atoms with van der Waals surface area (Å²) in [6, 6.07) is 26.5. The summed E-state index contributed by atoms with van der Waals surface area (Å²) in [5.74, 6) is -0.111. The molecule has 3 rings (SSSR count). The van der Waals surface area contributed by atoms with Gasteiger partial charge < -0.3 is 9.80 Å². The largest absolute Gasteiger partial charge is 0.339 e. The summed E-state index contributed by atoms with van der Waals surface area (Å²) in [5.41, 5.74) is 3.04. The van der Waals surface area contributed by atoms with Crippen LogP contribution in [0.1, 0.15) is 40.1 Å². The Kier molecular flexibility index (Phi) is 6.80. The molecule has 0 aliphatic rings. The van der Waals surface area contributed by atoms with Gasteiger partial charge in [0.25, 0.3) is 11.8 Å². The highest BCUT2D eigenvalue weighted by molar-refractivity contribution is 6.06. The van der Waals surface area contributed by atoms with Gasteiger partial charge in [-0.25, -0.2) is 0 Å². The van der Waals surface area contributed by atoms with Crippen LogP contribution in [0.3, 0.4) is 0 Å². The van der Waals surface area contributed by atoms with Crippen LogP contribution in [0.15, 0.2) is 84.9 Å². The summed E-state index contributed by atoms with van der Waals surface area (Å²) in [6.45, 7) is 5.72. The van der Waals surface area contributed by atoms with Crippen molar-refractivity contribution in [1.29, 1.82) is 0 Å². The summed E-state index contributed by atoms with van der Waals surface area (Å²) in [6.07, 6.45) is 0. The molecule has 2 amide bonds. The Morgan fingerprint density at radius 3 is 1.66 bits per heavy atom. The van der Waals surface area contributed by atoms with Crippen molar-refractivity contribution in [2.45, 2.75) is 20.4 Å². The van der Waals surface area contributed by atoms with Crippen LogP contribution < -0.4 is 4.90 Å². The topological polar surface area (TPSA) is 40.6 Å². The molecule has 0 heterocycles. The minimum Gasteiger partial charge on any atom is -0.339 e. The van der Waals surface area contributed by atoms with Gasteiger partial charge in [0, 0.05) is 29.9 Å². The second-order valence-corrected chi connectivity index (χ2v) is 6.77. The molecule has 0 atom stereocenters. The molecule has 0 saturated heterocycles. The molecule has 0 saturated carbocycles.